The molecule has 0 saturated carbocycles. The molecule has 0 saturated heterocycles. The van der Waals surface area contributed by atoms with E-state index < -0.39 is 0 Å². The van der Waals surface area contributed by atoms with Gasteiger partial charge in [0.05, 0.1) is 25.8 Å². The number of benzene rings is 2. The zero-order chi connectivity index (χ0) is 25.2. The minimum absolute atomic E-state index is 0.101. The van der Waals surface area contributed by atoms with Crippen molar-refractivity contribution in [1.29, 1.82) is 0 Å². The van der Waals surface area contributed by atoms with Gasteiger partial charge in [-0.15, -0.1) is 0 Å². The Labute approximate surface area is 216 Å². The second kappa shape index (κ2) is 10.4. The second-order valence-corrected chi connectivity index (χ2v) is 9.52. The molecule has 0 radical (unpaired) electrons. The number of rotatable bonds is 9. The van der Waals surface area contributed by atoms with Crippen molar-refractivity contribution in [3.05, 3.63) is 65.1 Å². The van der Waals surface area contributed by atoms with Crippen LogP contribution in [0.5, 0.6) is 11.5 Å². The fourth-order valence-electron chi connectivity index (χ4n) is 4.99. The molecule has 0 amide bonds. The number of ether oxygens (including phenoxy) is 2. The molecule has 36 heavy (non-hydrogen) atoms. The van der Waals surface area contributed by atoms with Gasteiger partial charge in [0.25, 0.3) is 0 Å². The van der Waals surface area contributed by atoms with Gasteiger partial charge in [0.1, 0.15) is 16.7 Å². The van der Waals surface area contributed by atoms with Crippen LogP contribution in [0.2, 0.25) is 5.15 Å². The lowest BCUT2D eigenvalue weighted by atomic mass is 9.89. The molecule has 1 aliphatic heterocycles. The number of Topliss-reactive ketones (excluding diaryl/α,β-unsaturated/α-hetero) is 1. The maximum atomic E-state index is 13.8. The Kier molecular flexibility index (Phi) is 7.03. The van der Waals surface area contributed by atoms with Gasteiger partial charge in [0.15, 0.2) is 5.78 Å². The van der Waals surface area contributed by atoms with Crippen LogP contribution in [0.4, 0.5) is 0 Å². The van der Waals surface area contributed by atoms with E-state index >= 15 is 0 Å². The van der Waals surface area contributed by atoms with Crippen molar-refractivity contribution in [1.82, 2.24) is 19.7 Å². The van der Waals surface area contributed by atoms with Crippen LogP contribution in [0.15, 0.2) is 48.8 Å². The summed E-state index contributed by atoms with van der Waals surface area (Å²) in [6.45, 7) is 8.37. The van der Waals surface area contributed by atoms with Crippen molar-refractivity contribution < 1.29 is 14.3 Å². The lowest BCUT2D eigenvalue weighted by molar-refractivity contribution is 0.0856. The molecule has 0 bridgehead atoms. The fraction of sp³-hybridized carbons (Fsp3) is 0.357. The number of methoxy groups -OCH3 is 1. The van der Waals surface area contributed by atoms with Gasteiger partial charge in [-0.05, 0) is 54.9 Å². The highest BCUT2D eigenvalue weighted by Crippen LogP contribution is 2.35. The van der Waals surface area contributed by atoms with E-state index in [-0.39, 0.29) is 11.7 Å². The van der Waals surface area contributed by atoms with Crippen LogP contribution < -0.4 is 9.47 Å². The number of aromatic nitrogens is 3. The average molecular weight is 507 g/mol. The number of carbonyl (C=O) groups excluding carboxylic acids is 1. The molecule has 2 aromatic carbocycles. The first-order valence-corrected chi connectivity index (χ1v) is 12.8. The van der Waals surface area contributed by atoms with E-state index in [0.717, 1.165) is 70.8 Å². The van der Waals surface area contributed by atoms with Crippen molar-refractivity contribution in [3.8, 4) is 22.6 Å². The Morgan fingerprint density at radius 3 is 2.81 bits per heavy atom. The monoisotopic (exact) mass is 506 g/mol. The van der Waals surface area contributed by atoms with Crippen LogP contribution in [0.1, 0.15) is 29.8 Å². The molecular formula is C28H31ClN4O3. The molecule has 3 heterocycles. The summed E-state index contributed by atoms with van der Waals surface area (Å²) in [5.41, 5.74) is 4.55. The molecule has 0 aliphatic carbocycles. The molecule has 188 valence electrons. The number of fused-ring (bicyclic) bond motifs is 2. The van der Waals surface area contributed by atoms with Crippen LogP contribution in [-0.4, -0.2) is 58.8 Å². The quantitative estimate of drug-likeness (QED) is 0.305. The van der Waals surface area contributed by atoms with Crippen molar-refractivity contribution in [2.45, 2.75) is 26.8 Å². The first kappa shape index (κ1) is 24.4. The number of carbonyl (C=O) groups is 1. The predicted octanol–water partition coefficient (Wildman–Crippen LogP) is 5.47. The molecule has 5 rings (SSSR count). The molecule has 7 nitrogen and oxygen atoms in total. The molecule has 2 aromatic heterocycles. The summed E-state index contributed by atoms with van der Waals surface area (Å²) in [5, 5.41) is 8.30. The van der Waals surface area contributed by atoms with E-state index in [0.29, 0.717) is 18.2 Å². The third-order valence-electron chi connectivity index (χ3n) is 7.15. The summed E-state index contributed by atoms with van der Waals surface area (Å²) in [4.78, 5) is 16.2. The molecule has 1 aliphatic rings. The topological polar surface area (TPSA) is 72.4 Å². The number of likely N-dealkylation sites (N-methyl/N-ethyl adjacent to an activating group) is 1. The highest BCUT2D eigenvalue weighted by molar-refractivity contribution is 6.32. The van der Waals surface area contributed by atoms with Gasteiger partial charge in [-0.2, -0.15) is 5.10 Å². The normalized spacial score (nSPS) is 15.2. The Morgan fingerprint density at radius 1 is 1.25 bits per heavy atom. The summed E-state index contributed by atoms with van der Waals surface area (Å²) in [7, 11) is 1.64. The van der Waals surface area contributed by atoms with E-state index in [1.165, 1.54) is 0 Å². The highest BCUT2D eigenvalue weighted by atomic mass is 35.5. The molecule has 8 heteroatoms. The van der Waals surface area contributed by atoms with Crippen LogP contribution in [0.3, 0.4) is 0 Å². The number of halogens is 1. The predicted molar refractivity (Wildman–Crippen MR) is 142 cm³/mol. The zero-order valence-corrected chi connectivity index (χ0v) is 21.6. The molecule has 1 N–H and O–H groups in total. The number of ketones is 1. The zero-order valence-electron chi connectivity index (χ0n) is 20.9. The minimum atomic E-state index is -0.255. The Morgan fingerprint density at radius 2 is 2.08 bits per heavy atom. The lowest BCUT2D eigenvalue weighted by Gasteiger charge is -2.24. The molecule has 4 aromatic rings. The standard InChI is InChI=1S/C28H31ClN4O3/c1-4-32(5-2)10-11-33-16-24(22-8-6-18(14-25(22)33)23-15-30-31-28(23)29)27(34)20-12-19-13-21(35-3)7-9-26(19)36-17-20/h6-9,13-16,20H,4-5,10-12,17H2,1-3H3,(H,30,31). The van der Waals surface area contributed by atoms with Gasteiger partial charge < -0.3 is 18.9 Å². The maximum Gasteiger partial charge on any atom is 0.171 e. The minimum Gasteiger partial charge on any atom is -0.497 e. The first-order chi connectivity index (χ1) is 17.5. The summed E-state index contributed by atoms with van der Waals surface area (Å²) >= 11 is 6.32. The fourth-order valence-corrected chi connectivity index (χ4v) is 5.19. The molecule has 0 fully saturated rings. The Balaban J connectivity index is 1.51. The van der Waals surface area contributed by atoms with Crippen molar-refractivity contribution >= 4 is 28.3 Å². The number of hydrogen-bond donors (Lipinski definition) is 1. The molecule has 1 unspecified atom stereocenters. The number of H-pyrrole nitrogens is 1. The number of aromatic amines is 1. The van der Waals surface area contributed by atoms with Crippen LogP contribution in [-0.2, 0) is 13.0 Å². The van der Waals surface area contributed by atoms with Gasteiger partial charge in [-0.25, -0.2) is 0 Å². The Bertz CT molecular complexity index is 1390. The van der Waals surface area contributed by atoms with Gasteiger partial charge in [-0.3, -0.25) is 9.89 Å². The summed E-state index contributed by atoms with van der Waals surface area (Å²) in [6, 6.07) is 11.9. The van der Waals surface area contributed by atoms with Crippen LogP contribution in [0, 0.1) is 5.92 Å². The van der Waals surface area contributed by atoms with E-state index in [4.69, 9.17) is 21.1 Å². The number of hydrogen-bond acceptors (Lipinski definition) is 5. The van der Waals surface area contributed by atoms with E-state index in [9.17, 15) is 4.79 Å². The highest BCUT2D eigenvalue weighted by Gasteiger charge is 2.29. The number of nitrogens with one attached hydrogen (secondary N) is 1. The SMILES string of the molecule is CCN(CC)CCn1cc(C(=O)C2COc3ccc(OC)cc3C2)c2ccc(-c3cn[nH]c3Cl)cc21. The average Bonchev–Trinajstić information content (AvgIpc) is 3.51. The van der Waals surface area contributed by atoms with Crippen LogP contribution in [0.25, 0.3) is 22.0 Å². The van der Waals surface area contributed by atoms with Gasteiger partial charge in [0.2, 0.25) is 0 Å². The maximum absolute atomic E-state index is 13.8. The second-order valence-electron chi connectivity index (χ2n) is 9.14. The van der Waals surface area contributed by atoms with Gasteiger partial charge in [-0.1, -0.05) is 37.6 Å². The van der Waals surface area contributed by atoms with Gasteiger partial charge >= 0.3 is 0 Å². The summed E-state index contributed by atoms with van der Waals surface area (Å²) in [5.74, 6) is 1.44. The van der Waals surface area contributed by atoms with E-state index in [2.05, 4.69) is 39.6 Å². The smallest absolute Gasteiger partial charge is 0.171 e. The summed E-state index contributed by atoms with van der Waals surface area (Å²) in [6.07, 6.45) is 4.36. The van der Waals surface area contributed by atoms with Crippen molar-refractivity contribution in [2.75, 3.05) is 33.4 Å². The molecular weight excluding hydrogens is 476 g/mol. The Hall–Kier alpha value is -3.29. The largest absolute Gasteiger partial charge is 0.497 e. The lowest BCUT2D eigenvalue weighted by Crippen LogP contribution is -2.28. The first-order valence-electron chi connectivity index (χ1n) is 12.4. The molecule has 1 atom stereocenters. The van der Waals surface area contributed by atoms with Crippen molar-refractivity contribution in [2.24, 2.45) is 5.92 Å². The third kappa shape index (κ3) is 4.61. The third-order valence-corrected chi connectivity index (χ3v) is 7.44. The van der Waals surface area contributed by atoms with Crippen LogP contribution >= 0.6 is 11.6 Å². The number of nitrogens with zero attached hydrogens (tertiary/aromatic N) is 3. The van der Waals surface area contributed by atoms with Gasteiger partial charge in [0, 0.05) is 41.3 Å². The summed E-state index contributed by atoms with van der Waals surface area (Å²) < 4.78 is 13.5. The molecule has 0 spiro atoms. The van der Waals surface area contributed by atoms with E-state index in [1.807, 2.05) is 36.5 Å². The van der Waals surface area contributed by atoms with Crippen molar-refractivity contribution in [3.63, 3.8) is 0 Å². The van der Waals surface area contributed by atoms with E-state index in [1.54, 1.807) is 13.3 Å².